The summed E-state index contributed by atoms with van der Waals surface area (Å²) in [7, 11) is 0. The van der Waals surface area contributed by atoms with Gasteiger partial charge in [0.25, 0.3) is 0 Å². The van der Waals surface area contributed by atoms with E-state index in [1.165, 1.54) is 0 Å². The van der Waals surface area contributed by atoms with Crippen molar-refractivity contribution < 1.29 is 0 Å². The number of hydrogen-bond acceptors (Lipinski definition) is 1. The maximum absolute atomic E-state index is 9.33. The molecule has 1 N–H and O–H groups in total. The molecule has 1 aromatic heterocycles. The highest BCUT2D eigenvalue weighted by Gasteiger charge is 2.27. The maximum atomic E-state index is 9.33. The summed E-state index contributed by atoms with van der Waals surface area (Å²) in [5.74, 6) is -0.0800. The fourth-order valence-electron chi connectivity index (χ4n) is 2.06. The molecule has 0 saturated heterocycles. The number of nitrogens with zero attached hydrogens (tertiary/aromatic N) is 1. The molecule has 1 aromatic carbocycles. The summed E-state index contributed by atoms with van der Waals surface area (Å²) in [6.45, 7) is 6.30. The van der Waals surface area contributed by atoms with E-state index in [9.17, 15) is 5.26 Å². The van der Waals surface area contributed by atoms with Gasteiger partial charge in [-0.15, -0.1) is 0 Å². The summed E-state index contributed by atoms with van der Waals surface area (Å²) in [6.07, 6.45) is 1.96. The second-order valence-corrected chi connectivity index (χ2v) is 5.22. The Labute approximate surface area is 95.9 Å². The Kier molecular flexibility index (Phi) is 2.47. The van der Waals surface area contributed by atoms with Crippen molar-refractivity contribution in [3.05, 3.63) is 36.0 Å². The van der Waals surface area contributed by atoms with Crippen LogP contribution in [0.2, 0.25) is 0 Å². The summed E-state index contributed by atoms with van der Waals surface area (Å²) >= 11 is 0. The van der Waals surface area contributed by atoms with Crippen molar-refractivity contribution in [1.29, 1.82) is 5.26 Å². The van der Waals surface area contributed by atoms with Crippen LogP contribution in [0, 0.1) is 16.7 Å². The van der Waals surface area contributed by atoms with E-state index in [0.717, 1.165) is 16.5 Å². The highest BCUT2D eigenvalue weighted by molar-refractivity contribution is 5.84. The lowest BCUT2D eigenvalue weighted by Gasteiger charge is -2.24. The Bertz CT molecular complexity index is 538. The largest absolute Gasteiger partial charge is 0.361 e. The van der Waals surface area contributed by atoms with E-state index < -0.39 is 0 Å². The molecule has 0 aliphatic carbocycles. The van der Waals surface area contributed by atoms with Crippen LogP contribution in [0.4, 0.5) is 0 Å². The molecule has 1 heterocycles. The molecule has 0 aliphatic heterocycles. The molecule has 0 amide bonds. The number of nitrogens with one attached hydrogen (secondary N) is 1. The lowest BCUT2D eigenvalue weighted by atomic mass is 9.77. The minimum atomic E-state index is -0.0800. The summed E-state index contributed by atoms with van der Waals surface area (Å²) in [4.78, 5) is 3.22. The molecular weight excluding hydrogens is 196 g/mol. The van der Waals surface area contributed by atoms with Crippen molar-refractivity contribution in [2.45, 2.75) is 26.7 Å². The number of benzene rings is 1. The van der Waals surface area contributed by atoms with Crippen LogP contribution in [0.3, 0.4) is 0 Å². The SMILES string of the molecule is CC(C)(C)C(C#N)c1c[nH]c2ccccc12. The number of H-pyrrole nitrogens is 1. The number of fused-ring (bicyclic) bond motifs is 1. The van der Waals surface area contributed by atoms with Crippen LogP contribution in [0.15, 0.2) is 30.5 Å². The van der Waals surface area contributed by atoms with Gasteiger partial charge < -0.3 is 4.98 Å². The molecule has 1 atom stereocenters. The van der Waals surface area contributed by atoms with E-state index in [-0.39, 0.29) is 11.3 Å². The number of rotatable bonds is 1. The zero-order chi connectivity index (χ0) is 11.8. The number of hydrogen-bond donors (Lipinski definition) is 1. The minimum absolute atomic E-state index is 0.0419. The number of para-hydroxylation sites is 1. The van der Waals surface area contributed by atoms with Gasteiger partial charge in [0.15, 0.2) is 0 Å². The van der Waals surface area contributed by atoms with Crippen molar-refractivity contribution in [3.8, 4) is 6.07 Å². The standard InChI is InChI=1S/C14H16N2/c1-14(2,3)12(8-15)11-9-16-13-7-5-4-6-10(11)13/h4-7,9,12,16H,1-3H3. The van der Waals surface area contributed by atoms with Gasteiger partial charge in [0.1, 0.15) is 0 Å². The predicted octanol–water partition coefficient (Wildman–Crippen LogP) is 3.82. The molecule has 2 aromatic rings. The Hall–Kier alpha value is -1.75. The van der Waals surface area contributed by atoms with E-state index in [4.69, 9.17) is 0 Å². The second kappa shape index (κ2) is 3.68. The Balaban J connectivity index is 2.59. The Morgan fingerprint density at radius 2 is 1.94 bits per heavy atom. The summed E-state index contributed by atoms with van der Waals surface area (Å²) in [5, 5.41) is 10.5. The van der Waals surface area contributed by atoms with Crippen LogP contribution in [-0.4, -0.2) is 4.98 Å². The first kappa shape index (κ1) is 10.8. The molecular formula is C14H16N2. The molecule has 16 heavy (non-hydrogen) atoms. The van der Waals surface area contributed by atoms with Crippen LogP contribution in [-0.2, 0) is 0 Å². The second-order valence-electron chi connectivity index (χ2n) is 5.22. The number of aromatic nitrogens is 1. The van der Waals surface area contributed by atoms with Crippen LogP contribution >= 0.6 is 0 Å². The van der Waals surface area contributed by atoms with Gasteiger partial charge in [-0.1, -0.05) is 39.0 Å². The molecule has 2 rings (SSSR count). The van der Waals surface area contributed by atoms with Crippen LogP contribution in [0.1, 0.15) is 32.3 Å². The molecule has 0 bridgehead atoms. The third-order valence-electron chi connectivity index (χ3n) is 2.93. The first-order chi connectivity index (χ1) is 7.54. The van der Waals surface area contributed by atoms with Crippen LogP contribution in [0.5, 0.6) is 0 Å². The number of nitriles is 1. The quantitative estimate of drug-likeness (QED) is 0.766. The molecule has 0 aliphatic rings. The topological polar surface area (TPSA) is 39.6 Å². The fraction of sp³-hybridized carbons (Fsp3) is 0.357. The minimum Gasteiger partial charge on any atom is -0.361 e. The van der Waals surface area contributed by atoms with E-state index in [1.807, 2.05) is 24.4 Å². The van der Waals surface area contributed by atoms with E-state index in [2.05, 4.69) is 37.9 Å². The van der Waals surface area contributed by atoms with Gasteiger partial charge >= 0.3 is 0 Å². The normalized spacial score (nSPS) is 13.6. The Morgan fingerprint density at radius 1 is 1.25 bits per heavy atom. The van der Waals surface area contributed by atoms with Gasteiger partial charge in [-0.3, -0.25) is 0 Å². The van der Waals surface area contributed by atoms with Crippen molar-refractivity contribution >= 4 is 10.9 Å². The van der Waals surface area contributed by atoms with Crippen molar-refractivity contribution in [3.63, 3.8) is 0 Å². The summed E-state index contributed by atoms with van der Waals surface area (Å²) in [6, 6.07) is 10.5. The third kappa shape index (κ3) is 1.69. The Morgan fingerprint density at radius 3 is 2.56 bits per heavy atom. The predicted molar refractivity (Wildman–Crippen MR) is 66.1 cm³/mol. The average molecular weight is 212 g/mol. The fourth-order valence-corrected chi connectivity index (χ4v) is 2.06. The third-order valence-corrected chi connectivity index (χ3v) is 2.93. The zero-order valence-corrected chi connectivity index (χ0v) is 9.91. The highest BCUT2D eigenvalue weighted by Crippen LogP contribution is 2.37. The summed E-state index contributed by atoms with van der Waals surface area (Å²) < 4.78 is 0. The molecule has 2 heteroatoms. The maximum Gasteiger partial charge on any atom is 0.0781 e. The first-order valence-corrected chi connectivity index (χ1v) is 5.49. The van der Waals surface area contributed by atoms with Crippen LogP contribution in [0.25, 0.3) is 10.9 Å². The molecule has 2 nitrogen and oxygen atoms in total. The molecule has 0 radical (unpaired) electrons. The number of aromatic amines is 1. The van der Waals surface area contributed by atoms with E-state index in [0.29, 0.717) is 0 Å². The van der Waals surface area contributed by atoms with Crippen molar-refractivity contribution in [2.24, 2.45) is 5.41 Å². The molecule has 1 unspecified atom stereocenters. The highest BCUT2D eigenvalue weighted by atomic mass is 14.7. The molecule has 0 spiro atoms. The van der Waals surface area contributed by atoms with Gasteiger partial charge in [0.05, 0.1) is 12.0 Å². The average Bonchev–Trinajstić information content (AvgIpc) is 2.61. The van der Waals surface area contributed by atoms with Crippen LogP contribution < -0.4 is 0 Å². The van der Waals surface area contributed by atoms with Gasteiger partial charge in [0, 0.05) is 17.1 Å². The summed E-state index contributed by atoms with van der Waals surface area (Å²) in [5.41, 5.74) is 2.16. The first-order valence-electron chi connectivity index (χ1n) is 5.49. The van der Waals surface area contributed by atoms with Gasteiger partial charge in [0.2, 0.25) is 0 Å². The molecule has 82 valence electrons. The zero-order valence-electron chi connectivity index (χ0n) is 9.91. The monoisotopic (exact) mass is 212 g/mol. The van der Waals surface area contributed by atoms with Crippen molar-refractivity contribution in [2.75, 3.05) is 0 Å². The molecule has 0 saturated carbocycles. The van der Waals surface area contributed by atoms with Gasteiger partial charge in [-0.05, 0) is 17.0 Å². The van der Waals surface area contributed by atoms with E-state index >= 15 is 0 Å². The van der Waals surface area contributed by atoms with Gasteiger partial charge in [-0.25, -0.2) is 0 Å². The van der Waals surface area contributed by atoms with E-state index in [1.54, 1.807) is 0 Å². The lowest BCUT2D eigenvalue weighted by Crippen LogP contribution is -2.16. The molecule has 0 fully saturated rings. The van der Waals surface area contributed by atoms with Crippen molar-refractivity contribution in [1.82, 2.24) is 4.98 Å². The smallest absolute Gasteiger partial charge is 0.0781 e. The van der Waals surface area contributed by atoms with Gasteiger partial charge in [-0.2, -0.15) is 5.26 Å². The lowest BCUT2D eigenvalue weighted by molar-refractivity contribution is 0.374.